The molecule has 34 valence electrons. The summed E-state index contributed by atoms with van der Waals surface area (Å²) in [5.41, 5.74) is 0. The molecule has 0 nitrogen and oxygen atoms in total. The van der Waals surface area contributed by atoms with Crippen LogP contribution in [-0.2, 0) is 0 Å². The van der Waals surface area contributed by atoms with Gasteiger partial charge in [-0.2, -0.15) is 0 Å². The maximum atomic E-state index is 2.32. The Kier molecular flexibility index (Phi) is 0.582. The molecule has 1 saturated carbocycles. The fraction of sp³-hybridized carbons (Fsp3) is 1.00. The van der Waals surface area contributed by atoms with Crippen LogP contribution in [0.4, 0.5) is 0 Å². The van der Waals surface area contributed by atoms with Crippen LogP contribution in [0, 0.1) is 5.92 Å². The molecule has 0 radical (unpaired) electrons. The van der Waals surface area contributed by atoms with Crippen molar-refractivity contribution in [2.75, 3.05) is 0 Å². The van der Waals surface area contributed by atoms with Crippen molar-refractivity contribution in [3.05, 3.63) is 0 Å². The van der Waals surface area contributed by atoms with Crippen LogP contribution < -0.4 is 0 Å². The number of hydrogen-bond acceptors (Lipinski definition) is 0. The molecule has 0 N–H and O–H groups in total. The van der Waals surface area contributed by atoms with Gasteiger partial charge in [-0.25, -0.2) is 0 Å². The van der Waals surface area contributed by atoms with Crippen molar-refractivity contribution in [1.82, 2.24) is 0 Å². The predicted octanol–water partition coefficient (Wildman–Crippen LogP) is 0.838. The van der Waals surface area contributed by atoms with E-state index in [2.05, 4.69) is 21.7 Å². The minimum atomic E-state index is 0.708. The Labute approximate surface area is 40.3 Å². The zero-order chi connectivity index (χ0) is 4.78. The van der Waals surface area contributed by atoms with E-state index in [1.165, 1.54) is 6.42 Å². The lowest BCUT2D eigenvalue weighted by molar-refractivity contribution is 0.854. The van der Waals surface area contributed by atoms with Gasteiger partial charge >= 0.3 is 0 Å². The van der Waals surface area contributed by atoms with Gasteiger partial charge in [0, 0.05) is 0 Å². The SMILES string of the molecule is BC1(C)CC1C. The molecular weight excluding hydrogens is 70.9 g/mol. The van der Waals surface area contributed by atoms with Gasteiger partial charge in [-0.3, -0.25) is 0 Å². The van der Waals surface area contributed by atoms with Crippen molar-refractivity contribution in [2.24, 2.45) is 5.92 Å². The molecule has 1 fully saturated rings. The predicted molar refractivity (Wildman–Crippen MR) is 30.7 cm³/mol. The number of rotatable bonds is 0. The molecule has 1 aliphatic rings. The van der Waals surface area contributed by atoms with Crippen LogP contribution >= 0.6 is 0 Å². The van der Waals surface area contributed by atoms with Crippen LogP contribution in [-0.4, -0.2) is 7.85 Å². The van der Waals surface area contributed by atoms with Crippen molar-refractivity contribution >= 4 is 7.85 Å². The summed E-state index contributed by atoms with van der Waals surface area (Å²) in [6.07, 6.45) is 1.44. The van der Waals surface area contributed by atoms with Crippen molar-refractivity contribution < 1.29 is 0 Å². The normalized spacial score (nSPS) is 55.3. The maximum absolute atomic E-state index is 2.32. The maximum Gasteiger partial charge on any atom is 0.109 e. The lowest BCUT2D eigenvalue weighted by Crippen LogP contribution is -1.81. The summed E-state index contributed by atoms with van der Waals surface area (Å²) >= 11 is 0. The molecule has 1 rings (SSSR count). The molecule has 2 atom stereocenters. The van der Waals surface area contributed by atoms with Crippen LogP contribution in [0.25, 0.3) is 0 Å². The molecule has 6 heavy (non-hydrogen) atoms. The molecule has 0 aromatic heterocycles. The van der Waals surface area contributed by atoms with Gasteiger partial charge in [-0.05, 0) is 5.92 Å². The van der Waals surface area contributed by atoms with Crippen LogP contribution in [0.15, 0.2) is 0 Å². The molecular formula is C5H11B. The number of hydrogen-bond donors (Lipinski definition) is 0. The minimum absolute atomic E-state index is 0.708. The van der Waals surface area contributed by atoms with Gasteiger partial charge in [0.15, 0.2) is 0 Å². The van der Waals surface area contributed by atoms with Crippen molar-refractivity contribution in [3.63, 3.8) is 0 Å². The van der Waals surface area contributed by atoms with E-state index in [1.807, 2.05) is 0 Å². The first kappa shape index (κ1) is 4.23. The molecule has 0 saturated heterocycles. The van der Waals surface area contributed by atoms with Gasteiger partial charge in [0.05, 0.1) is 0 Å². The smallest absolute Gasteiger partial charge is 0.0667 e. The van der Waals surface area contributed by atoms with E-state index in [0.717, 1.165) is 5.92 Å². The van der Waals surface area contributed by atoms with Gasteiger partial charge in [0.2, 0.25) is 0 Å². The van der Waals surface area contributed by atoms with E-state index in [0.29, 0.717) is 5.31 Å². The molecule has 1 aliphatic carbocycles. The Balaban J connectivity index is 2.41. The first-order valence-corrected chi connectivity index (χ1v) is 2.63. The first-order chi connectivity index (χ1) is 2.63. The quantitative estimate of drug-likeness (QED) is 0.380. The lowest BCUT2D eigenvalue weighted by atomic mass is 9.84. The zero-order valence-electron chi connectivity index (χ0n) is 4.78. The van der Waals surface area contributed by atoms with E-state index >= 15 is 0 Å². The minimum Gasteiger partial charge on any atom is -0.0667 e. The Morgan fingerprint density at radius 1 is 1.83 bits per heavy atom. The van der Waals surface area contributed by atoms with E-state index < -0.39 is 0 Å². The highest BCUT2D eigenvalue weighted by atomic mass is 14.4. The third-order valence-corrected chi connectivity index (χ3v) is 2.01. The van der Waals surface area contributed by atoms with E-state index in [-0.39, 0.29) is 0 Å². The van der Waals surface area contributed by atoms with Gasteiger partial charge in [0.1, 0.15) is 7.85 Å². The average Bonchev–Trinajstić information content (AvgIpc) is 1.73. The molecule has 1 heteroatoms. The average molecular weight is 82.0 g/mol. The van der Waals surface area contributed by atoms with Crippen molar-refractivity contribution in [2.45, 2.75) is 25.6 Å². The van der Waals surface area contributed by atoms with Crippen molar-refractivity contribution in [3.8, 4) is 0 Å². The molecule has 0 aromatic carbocycles. The first-order valence-electron chi connectivity index (χ1n) is 2.63. The molecule has 0 aromatic rings. The molecule has 0 heterocycles. The Bertz CT molecular complexity index is 66.3. The topological polar surface area (TPSA) is 0 Å². The van der Waals surface area contributed by atoms with Gasteiger partial charge < -0.3 is 0 Å². The van der Waals surface area contributed by atoms with Crippen LogP contribution in [0.1, 0.15) is 20.3 Å². The summed E-state index contributed by atoms with van der Waals surface area (Å²) in [4.78, 5) is 0. The molecule has 0 bridgehead atoms. The van der Waals surface area contributed by atoms with Crippen LogP contribution in [0.5, 0.6) is 0 Å². The monoisotopic (exact) mass is 82.1 g/mol. The lowest BCUT2D eigenvalue weighted by Gasteiger charge is -1.91. The molecule has 0 amide bonds. The Morgan fingerprint density at radius 3 is 2.00 bits per heavy atom. The van der Waals surface area contributed by atoms with Gasteiger partial charge in [-0.15, -0.1) is 0 Å². The molecule has 2 unspecified atom stereocenters. The Hall–Kier alpha value is 0.0649. The summed E-state index contributed by atoms with van der Waals surface area (Å²) in [5.74, 6) is 0.998. The highest BCUT2D eigenvalue weighted by molar-refractivity contribution is 6.17. The van der Waals surface area contributed by atoms with Crippen LogP contribution in [0.3, 0.4) is 0 Å². The van der Waals surface area contributed by atoms with E-state index in [4.69, 9.17) is 0 Å². The zero-order valence-corrected chi connectivity index (χ0v) is 4.78. The Morgan fingerprint density at radius 2 is 2.00 bits per heavy atom. The summed E-state index contributed by atoms with van der Waals surface area (Å²) < 4.78 is 0. The summed E-state index contributed by atoms with van der Waals surface area (Å²) in [7, 11) is 2.32. The second kappa shape index (κ2) is 0.826. The largest absolute Gasteiger partial charge is 0.109 e. The third-order valence-electron chi connectivity index (χ3n) is 2.01. The fourth-order valence-corrected chi connectivity index (χ4v) is 0.730. The van der Waals surface area contributed by atoms with E-state index in [1.54, 1.807) is 0 Å². The fourth-order valence-electron chi connectivity index (χ4n) is 0.730. The van der Waals surface area contributed by atoms with Crippen LogP contribution in [0.2, 0.25) is 5.31 Å². The highest BCUT2D eigenvalue weighted by Gasteiger charge is 2.40. The molecule has 0 spiro atoms. The summed E-state index contributed by atoms with van der Waals surface area (Å²) in [6, 6.07) is 0. The van der Waals surface area contributed by atoms with Gasteiger partial charge in [-0.1, -0.05) is 25.6 Å². The summed E-state index contributed by atoms with van der Waals surface area (Å²) in [6.45, 7) is 4.62. The summed E-state index contributed by atoms with van der Waals surface area (Å²) in [5, 5.41) is 0.708. The second-order valence-electron chi connectivity index (χ2n) is 3.09. The van der Waals surface area contributed by atoms with Gasteiger partial charge in [0.25, 0.3) is 0 Å². The highest BCUT2D eigenvalue weighted by Crippen LogP contribution is 2.55. The second-order valence-corrected chi connectivity index (χ2v) is 3.09. The van der Waals surface area contributed by atoms with E-state index in [9.17, 15) is 0 Å². The standard InChI is InChI=1S/C5H11B/c1-4-3-5(4,2)6/h4H,3,6H2,1-2H3. The van der Waals surface area contributed by atoms with Crippen molar-refractivity contribution in [1.29, 1.82) is 0 Å². The third kappa shape index (κ3) is 0.465. The molecule has 0 aliphatic heterocycles.